The zero-order valence-corrected chi connectivity index (χ0v) is 14.6. The Labute approximate surface area is 139 Å². The lowest BCUT2D eigenvalue weighted by Gasteiger charge is -2.30. The van der Waals surface area contributed by atoms with Gasteiger partial charge in [0.25, 0.3) is 0 Å². The van der Waals surface area contributed by atoms with E-state index < -0.39 is 0 Å². The summed E-state index contributed by atoms with van der Waals surface area (Å²) in [6, 6.07) is 0. The van der Waals surface area contributed by atoms with Crippen molar-refractivity contribution in [3.05, 3.63) is 0 Å². The maximum Gasteiger partial charge on any atom is 0.223 e. The highest BCUT2D eigenvalue weighted by atomic mass is 16.5. The number of nitrogens with one attached hydrogen (secondary N) is 3. The molecule has 0 heterocycles. The summed E-state index contributed by atoms with van der Waals surface area (Å²) in [6.07, 6.45) is 8.34. The zero-order valence-electron chi connectivity index (χ0n) is 14.6. The maximum absolute atomic E-state index is 11.6. The number of rotatable bonds is 9. The molecule has 0 radical (unpaired) electrons. The van der Waals surface area contributed by atoms with E-state index in [0.717, 1.165) is 38.4 Å². The van der Waals surface area contributed by atoms with E-state index in [-0.39, 0.29) is 11.8 Å². The van der Waals surface area contributed by atoms with Crippen molar-refractivity contribution in [1.29, 1.82) is 0 Å². The van der Waals surface area contributed by atoms with E-state index in [1.807, 2.05) is 0 Å². The lowest BCUT2D eigenvalue weighted by atomic mass is 9.83. The molecule has 0 aliphatic heterocycles. The fourth-order valence-electron chi connectivity index (χ4n) is 3.31. The minimum atomic E-state index is 0.194. The quantitative estimate of drug-likeness (QED) is 0.339. The van der Waals surface area contributed by atoms with E-state index in [1.165, 1.54) is 25.7 Å². The van der Waals surface area contributed by atoms with Crippen molar-refractivity contribution in [2.75, 3.05) is 40.4 Å². The van der Waals surface area contributed by atoms with Crippen LogP contribution in [-0.4, -0.2) is 52.3 Å². The number of guanidine groups is 1. The first-order valence-electron chi connectivity index (χ1n) is 8.90. The predicted molar refractivity (Wildman–Crippen MR) is 92.5 cm³/mol. The molecule has 0 aromatic heterocycles. The standard InChI is InChI=1S/C17H32N4O2/c1-18-16(20-11-10-19-15(22)14-5-6-14)21-13-17(9-12-23-2)7-3-4-8-17/h14H,3-13H2,1-2H3,(H,19,22)(H2,18,20,21). The maximum atomic E-state index is 11.6. The molecule has 1 amide bonds. The van der Waals surface area contributed by atoms with Gasteiger partial charge in [0.15, 0.2) is 5.96 Å². The van der Waals surface area contributed by atoms with E-state index >= 15 is 0 Å². The van der Waals surface area contributed by atoms with Gasteiger partial charge in [-0.1, -0.05) is 12.8 Å². The normalized spacial score (nSPS) is 20.3. The van der Waals surface area contributed by atoms with E-state index in [2.05, 4.69) is 20.9 Å². The third-order valence-electron chi connectivity index (χ3n) is 5.02. The smallest absolute Gasteiger partial charge is 0.223 e. The molecule has 6 nitrogen and oxygen atoms in total. The monoisotopic (exact) mass is 324 g/mol. The van der Waals surface area contributed by atoms with Gasteiger partial charge in [0.1, 0.15) is 0 Å². The van der Waals surface area contributed by atoms with E-state index in [4.69, 9.17) is 4.74 Å². The molecule has 0 saturated heterocycles. The SMILES string of the molecule is CN=C(NCCNC(=O)C1CC1)NCC1(CCOC)CCCC1. The molecule has 2 saturated carbocycles. The van der Waals surface area contributed by atoms with Crippen molar-refractivity contribution in [1.82, 2.24) is 16.0 Å². The highest BCUT2D eigenvalue weighted by molar-refractivity contribution is 5.81. The zero-order chi connectivity index (χ0) is 16.5. The molecule has 0 atom stereocenters. The summed E-state index contributed by atoms with van der Waals surface area (Å²) in [6.45, 7) is 3.10. The first-order valence-corrected chi connectivity index (χ1v) is 8.90. The Morgan fingerprint density at radius 2 is 1.87 bits per heavy atom. The fourth-order valence-corrected chi connectivity index (χ4v) is 3.31. The number of hydrogen-bond acceptors (Lipinski definition) is 3. The number of carbonyl (C=O) groups is 1. The van der Waals surface area contributed by atoms with Gasteiger partial charge in [-0.15, -0.1) is 0 Å². The summed E-state index contributed by atoms with van der Waals surface area (Å²) in [7, 11) is 3.56. The Kier molecular flexibility index (Phi) is 7.15. The highest BCUT2D eigenvalue weighted by Crippen LogP contribution is 2.40. The number of ether oxygens (including phenoxy) is 1. The van der Waals surface area contributed by atoms with Crippen LogP contribution in [0.2, 0.25) is 0 Å². The van der Waals surface area contributed by atoms with Crippen molar-refractivity contribution in [3.63, 3.8) is 0 Å². The summed E-state index contributed by atoms with van der Waals surface area (Å²) < 4.78 is 5.27. The lowest BCUT2D eigenvalue weighted by Crippen LogP contribution is -2.45. The number of aliphatic imine (C=N–C) groups is 1. The molecule has 0 aromatic rings. The minimum Gasteiger partial charge on any atom is -0.385 e. The Morgan fingerprint density at radius 1 is 1.17 bits per heavy atom. The molecule has 132 valence electrons. The number of amides is 1. The van der Waals surface area contributed by atoms with E-state index in [1.54, 1.807) is 14.2 Å². The Hall–Kier alpha value is -1.30. The predicted octanol–water partition coefficient (Wildman–Crippen LogP) is 1.27. The van der Waals surface area contributed by atoms with Crippen molar-refractivity contribution >= 4 is 11.9 Å². The summed E-state index contributed by atoms with van der Waals surface area (Å²) in [5, 5.41) is 9.69. The molecule has 0 spiro atoms. The van der Waals surface area contributed by atoms with Crippen LogP contribution in [0.15, 0.2) is 4.99 Å². The fraction of sp³-hybridized carbons (Fsp3) is 0.882. The molecule has 2 fully saturated rings. The molecule has 6 heteroatoms. The van der Waals surface area contributed by atoms with Crippen LogP contribution < -0.4 is 16.0 Å². The third-order valence-corrected chi connectivity index (χ3v) is 5.02. The Bertz CT molecular complexity index is 401. The third kappa shape index (κ3) is 6.01. The minimum absolute atomic E-state index is 0.194. The van der Waals surface area contributed by atoms with Crippen LogP contribution in [0.3, 0.4) is 0 Å². The second kappa shape index (κ2) is 9.11. The van der Waals surface area contributed by atoms with Crippen molar-refractivity contribution in [3.8, 4) is 0 Å². The molecule has 2 rings (SSSR count). The topological polar surface area (TPSA) is 74.8 Å². The molecule has 3 N–H and O–H groups in total. The number of carbonyl (C=O) groups excluding carboxylic acids is 1. The second-order valence-corrected chi connectivity index (χ2v) is 6.87. The van der Waals surface area contributed by atoms with Gasteiger partial charge in [-0.25, -0.2) is 0 Å². The van der Waals surface area contributed by atoms with Crippen LogP contribution in [0.5, 0.6) is 0 Å². The average molecular weight is 324 g/mol. The van der Waals surface area contributed by atoms with Crippen LogP contribution in [0, 0.1) is 11.3 Å². The van der Waals surface area contributed by atoms with Crippen LogP contribution in [0.4, 0.5) is 0 Å². The summed E-state index contributed by atoms with van der Waals surface area (Å²) in [5.41, 5.74) is 0.341. The van der Waals surface area contributed by atoms with Gasteiger partial charge >= 0.3 is 0 Å². The Morgan fingerprint density at radius 3 is 2.48 bits per heavy atom. The molecular formula is C17H32N4O2. The highest BCUT2D eigenvalue weighted by Gasteiger charge is 2.33. The van der Waals surface area contributed by atoms with Gasteiger partial charge in [0.2, 0.25) is 5.91 Å². The summed E-state index contributed by atoms with van der Waals surface area (Å²) in [4.78, 5) is 15.8. The van der Waals surface area contributed by atoms with Gasteiger partial charge < -0.3 is 20.7 Å². The summed E-state index contributed by atoms with van der Waals surface area (Å²) >= 11 is 0. The van der Waals surface area contributed by atoms with E-state index in [9.17, 15) is 4.79 Å². The van der Waals surface area contributed by atoms with Gasteiger partial charge in [0, 0.05) is 46.3 Å². The van der Waals surface area contributed by atoms with Crippen molar-refractivity contribution in [2.45, 2.75) is 44.9 Å². The van der Waals surface area contributed by atoms with Gasteiger partial charge in [-0.2, -0.15) is 0 Å². The lowest BCUT2D eigenvalue weighted by molar-refractivity contribution is -0.122. The van der Waals surface area contributed by atoms with Crippen LogP contribution >= 0.6 is 0 Å². The number of nitrogens with zero attached hydrogens (tertiary/aromatic N) is 1. The van der Waals surface area contributed by atoms with Crippen LogP contribution in [-0.2, 0) is 9.53 Å². The molecular weight excluding hydrogens is 292 g/mol. The molecule has 23 heavy (non-hydrogen) atoms. The molecule has 0 aromatic carbocycles. The largest absolute Gasteiger partial charge is 0.385 e. The van der Waals surface area contributed by atoms with Gasteiger partial charge in [-0.05, 0) is 37.5 Å². The summed E-state index contributed by atoms with van der Waals surface area (Å²) in [5.74, 6) is 1.28. The molecule has 0 bridgehead atoms. The van der Waals surface area contributed by atoms with Gasteiger partial charge in [-0.3, -0.25) is 9.79 Å². The molecule has 0 unspecified atom stereocenters. The van der Waals surface area contributed by atoms with E-state index in [0.29, 0.717) is 18.5 Å². The average Bonchev–Trinajstić information content (AvgIpc) is 3.32. The van der Waals surface area contributed by atoms with Crippen molar-refractivity contribution in [2.24, 2.45) is 16.3 Å². The first kappa shape index (κ1) is 18.0. The number of hydrogen-bond donors (Lipinski definition) is 3. The Balaban J connectivity index is 1.65. The van der Waals surface area contributed by atoms with Crippen LogP contribution in [0.1, 0.15) is 44.9 Å². The first-order chi connectivity index (χ1) is 11.2. The molecule has 2 aliphatic carbocycles. The van der Waals surface area contributed by atoms with Crippen LogP contribution in [0.25, 0.3) is 0 Å². The number of methoxy groups -OCH3 is 1. The molecule has 2 aliphatic rings. The van der Waals surface area contributed by atoms with Gasteiger partial charge in [0.05, 0.1) is 0 Å². The van der Waals surface area contributed by atoms with Crippen molar-refractivity contribution < 1.29 is 9.53 Å². The second-order valence-electron chi connectivity index (χ2n) is 6.87.